The first-order chi connectivity index (χ1) is 9.50. The van der Waals surface area contributed by atoms with E-state index in [1.54, 1.807) is 11.9 Å². The summed E-state index contributed by atoms with van der Waals surface area (Å²) in [7, 11) is 1.77. The van der Waals surface area contributed by atoms with Crippen LogP contribution in [0.5, 0.6) is 0 Å². The van der Waals surface area contributed by atoms with Crippen LogP contribution in [0.4, 0.5) is 0 Å². The Morgan fingerprint density at radius 1 is 1.25 bits per heavy atom. The van der Waals surface area contributed by atoms with E-state index in [-0.39, 0.29) is 12.0 Å². The monoisotopic (exact) mass is 283 g/mol. The van der Waals surface area contributed by atoms with Crippen LogP contribution in [0.3, 0.4) is 0 Å². The van der Waals surface area contributed by atoms with E-state index in [0.717, 1.165) is 32.1 Å². The highest BCUT2D eigenvalue weighted by atomic mass is 16.5. The van der Waals surface area contributed by atoms with Crippen LogP contribution in [0.25, 0.3) is 0 Å². The molecule has 0 aromatic rings. The van der Waals surface area contributed by atoms with Crippen molar-refractivity contribution in [3.05, 3.63) is 0 Å². The first-order valence-corrected chi connectivity index (χ1v) is 8.13. The molecule has 1 atom stereocenters. The molecule has 2 aliphatic rings. The van der Waals surface area contributed by atoms with Gasteiger partial charge in [0.2, 0.25) is 0 Å². The Balaban J connectivity index is 1.78. The number of nitrogens with zero attached hydrogens (tertiary/aromatic N) is 1. The van der Waals surface area contributed by atoms with Crippen molar-refractivity contribution in [3.8, 4) is 0 Å². The van der Waals surface area contributed by atoms with E-state index in [1.165, 1.54) is 25.7 Å². The maximum atomic E-state index is 12.3. The summed E-state index contributed by atoms with van der Waals surface area (Å²) in [5.74, 6) is -0.00503. The molecule has 0 aromatic heterocycles. The van der Waals surface area contributed by atoms with Gasteiger partial charge in [-0.3, -0.25) is 4.79 Å². The number of aliphatic hydroxyl groups is 1. The zero-order valence-electron chi connectivity index (χ0n) is 12.9. The standard InChI is InChI=1S/C16H29NO3/c1-13(20-14-8-5-3-4-6-9-14)15(18)17(2)12-16(19)10-7-11-16/h13-14,19H,3-12H2,1-2H3/t13-/m0/s1. The molecule has 0 heterocycles. The minimum Gasteiger partial charge on any atom is -0.388 e. The molecule has 1 N–H and O–H groups in total. The highest BCUT2D eigenvalue weighted by Crippen LogP contribution is 2.32. The fraction of sp³-hybridized carbons (Fsp3) is 0.938. The summed E-state index contributed by atoms with van der Waals surface area (Å²) in [5.41, 5.74) is -0.646. The van der Waals surface area contributed by atoms with Crippen LogP contribution < -0.4 is 0 Å². The van der Waals surface area contributed by atoms with E-state index < -0.39 is 11.7 Å². The average Bonchev–Trinajstić information content (AvgIpc) is 2.64. The maximum Gasteiger partial charge on any atom is 0.251 e. The molecule has 20 heavy (non-hydrogen) atoms. The Bertz CT molecular complexity index is 320. The van der Waals surface area contributed by atoms with Crippen molar-refractivity contribution in [2.75, 3.05) is 13.6 Å². The van der Waals surface area contributed by atoms with Gasteiger partial charge in [-0.05, 0) is 39.0 Å². The summed E-state index contributed by atoms with van der Waals surface area (Å²) in [6, 6.07) is 0. The third-order valence-corrected chi connectivity index (χ3v) is 4.74. The van der Waals surface area contributed by atoms with Crippen LogP contribution in [-0.2, 0) is 9.53 Å². The number of carbonyl (C=O) groups is 1. The van der Waals surface area contributed by atoms with Gasteiger partial charge in [-0.15, -0.1) is 0 Å². The normalized spacial score (nSPS) is 24.6. The molecule has 2 aliphatic carbocycles. The maximum absolute atomic E-state index is 12.3. The average molecular weight is 283 g/mol. The largest absolute Gasteiger partial charge is 0.388 e. The van der Waals surface area contributed by atoms with Crippen molar-refractivity contribution in [2.24, 2.45) is 0 Å². The fourth-order valence-corrected chi connectivity index (χ4v) is 3.30. The summed E-state index contributed by atoms with van der Waals surface area (Å²) in [5, 5.41) is 10.1. The van der Waals surface area contributed by atoms with E-state index >= 15 is 0 Å². The summed E-state index contributed by atoms with van der Waals surface area (Å²) in [6.45, 7) is 2.28. The van der Waals surface area contributed by atoms with Crippen molar-refractivity contribution in [2.45, 2.75) is 82.5 Å². The van der Waals surface area contributed by atoms with Crippen LogP contribution in [0, 0.1) is 0 Å². The molecule has 2 fully saturated rings. The number of hydrogen-bond donors (Lipinski definition) is 1. The van der Waals surface area contributed by atoms with E-state index in [9.17, 15) is 9.90 Å². The highest BCUT2D eigenvalue weighted by Gasteiger charge is 2.37. The third-order valence-electron chi connectivity index (χ3n) is 4.74. The predicted octanol–water partition coefficient (Wildman–Crippen LogP) is 2.49. The Hall–Kier alpha value is -0.610. The molecular formula is C16H29NO3. The fourth-order valence-electron chi connectivity index (χ4n) is 3.30. The van der Waals surface area contributed by atoms with Gasteiger partial charge in [0.15, 0.2) is 0 Å². The van der Waals surface area contributed by atoms with Crippen LogP contribution in [0.15, 0.2) is 0 Å². The van der Waals surface area contributed by atoms with Crippen molar-refractivity contribution >= 4 is 5.91 Å². The molecule has 0 spiro atoms. The molecule has 4 nitrogen and oxygen atoms in total. The Morgan fingerprint density at radius 2 is 1.85 bits per heavy atom. The lowest BCUT2D eigenvalue weighted by Gasteiger charge is -2.40. The smallest absolute Gasteiger partial charge is 0.251 e. The summed E-state index contributed by atoms with van der Waals surface area (Å²) >= 11 is 0. The summed E-state index contributed by atoms with van der Waals surface area (Å²) < 4.78 is 5.95. The van der Waals surface area contributed by atoms with Gasteiger partial charge in [0.25, 0.3) is 5.91 Å². The second-order valence-corrected chi connectivity index (χ2v) is 6.66. The third kappa shape index (κ3) is 4.19. The first kappa shape index (κ1) is 15.8. The van der Waals surface area contributed by atoms with Gasteiger partial charge in [-0.1, -0.05) is 25.7 Å². The molecule has 116 valence electrons. The van der Waals surface area contributed by atoms with E-state index in [4.69, 9.17) is 4.74 Å². The van der Waals surface area contributed by atoms with E-state index in [2.05, 4.69) is 0 Å². The molecule has 0 saturated heterocycles. The van der Waals surface area contributed by atoms with Gasteiger partial charge < -0.3 is 14.7 Å². The summed E-state index contributed by atoms with van der Waals surface area (Å²) in [6.07, 6.45) is 9.66. The molecule has 0 radical (unpaired) electrons. The second-order valence-electron chi connectivity index (χ2n) is 6.66. The molecule has 2 saturated carbocycles. The van der Waals surface area contributed by atoms with Crippen LogP contribution in [0.1, 0.15) is 64.7 Å². The van der Waals surface area contributed by atoms with Gasteiger partial charge in [0.05, 0.1) is 11.7 Å². The van der Waals surface area contributed by atoms with Gasteiger partial charge >= 0.3 is 0 Å². The molecular weight excluding hydrogens is 254 g/mol. The number of rotatable bonds is 5. The Kier molecular flexibility index (Phi) is 5.44. The van der Waals surface area contributed by atoms with Gasteiger partial charge in [0, 0.05) is 13.6 Å². The molecule has 4 heteroatoms. The SMILES string of the molecule is C[C@H](OC1CCCCCC1)C(=O)N(C)CC1(O)CCC1. The lowest BCUT2D eigenvalue weighted by molar-refractivity contribution is -0.151. The van der Waals surface area contributed by atoms with Gasteiger partial charge in [-0.25, -0.2) is 0 Å². The number of carbonyl (C=O) groups excluding carboxylic acids is 1. The quantitative estimate of drug-likeness (QED) is 0.789. The number of amides is 1. The van der Waals surface area contributed by atoms with Crippen molar-refractivity contribution < 1.29 is 14.6 Å². The van der Waals surface area contributed by atoms with Crippen molar-refractivity contribution in [1.82, 2.24) is 4.90 Å². The molecule has 0 unspecified atom stereocenters. The molecule has 2 rings (SSSR count). The highest BCUT2D eigenvalue weighted by molar-refractivity contribution is 5.80. The first-order valence-electron chi connectivity index (χ1n) is 8.13. The Labute approximate surface area is 122 Å². The van der Waals surface area contributed by atoms with Gasteiger partial charge in [-0.2, -0.15) is 0 Å². The Morgan fingerprint density at radius 3 is 2.35 bits per heavy atom. The van der Waals surface area contributed by atoms with Gasteiger partial charge in [0.1, 0.15) is 6.10 Å². The number of hydrogen-bond acceptors (Lipinski definition) is 3. The number of likely N-dealkylation sites (N-methyl/N-ethyl adjacent to an activating group) is 1. The molecule has 0 aromatic carbocycles. The summed E-state index contributed by atoms with van der Waals surface area (Å²) in [4.78, 5) is 13.9. The topological polar surface area (TPSA) is 49.8 Å². The molecule has 0 aliphatic heterocycles. The molecule has 1 amide bonds. The lowest BCUT2D eigenvalue weighted by atomic mass is 9.80. The molecule has 0 bridgehead atoms. The lowest BCUT2D eigenvalue weighted by Crippen LogP contribution is -2.50. The van der Waals surface area contributed by atoms with Crippen molar-refractivity contribution in [3.63, 3.8) is 0 Å². The minimum absolute atomic E-state index is 0.00503. The zero-order chi connectivity index (χ0) is 14.6. The predicted molar refractivity (Wildman–Crippen MR) is 78.5 cm³/mol. The minimum atomic E-state index is -0.646. The van der Waals surface area contributed by atoms with E-state index in [0.29, 0.717) is 6.54 Å². The van der Waals surface area contributed by atoms with Crippen LogP contribution in [-0.4, -0.2) is 47.3 Å². The van der Waals surface area contributed by atoms with Crippen molar-refractivity contribution in [1.29, 1.82) is 0 Å². The van der Waals surface area contributed by atoms with E-state index in [1.807, 2.05) is 6.92 Å². The number of ether oxygens (including phenoxy) is 1. The second kappa shape index (κ2) is 6.90. The van der Waals surface area contributed by atoms with Crippen LogP contribution in [0.2, 0.25) is 0 Å². The van der Waals surface area contributed by atoms with Crippen LogP contribution >= 0.6 is 0 Å². The zero-order valence-corrected chi connectivity index (χ0v) is 12.9.